The normalized spacial score (nSPS) is 10.4. The Bertz CT molecular complexity index is 740. The minimum Gasteiger partial charge on any atom is -0.350 e. The van der Waals surface area contributed by atoms with Crippen LogP contribution in [0.5, 0.6) is 0 Å². The number of amides is 1. The number of H-pyrrole nitrogens is 1. The molecule has 0 aliphatic heterocycles. The number of anilines is 1. The zero-order chi connectivity index (χ0) is 14.9. The van der Waals surface area contributed by atoms with Crippen molar-refractivity contribution in [2.75, 3.05) is 5.32 Å². The molecular weight excluding hydrogens is 315 g/mol. The van der Waals surface area contributed by atoms with Crippen molar-refractivity contribution in [3.8, 4) is 0 Å². The molecule has 1 aromatic carbocycles. The van der Waals surface area contributed by atoms with Gasteiger partial charge in [-0.15, -0.1) is 0 Å². The van der Waals surface area contributed by atoms with Crippen molar-refractivity contribution in [1.82, 2.24) is 4.98 Å². The lowest BCUT2D eigenvalue weighted by atomic mass is 10.1. The van der Waals surface area contributed by atoms with Crippen molar-refractivity contribution in [2.45, 2.75) is 13.8 Å². The first kappa shape index (κ1) is 15.0. The van der Waals surface area contributed by atoms with E-state index < -0.39 is 0 Å². The van der Waals surface area contributed by atoms with E-state index in [1.54, 1.807) is 18.2 Å². The largest absolute Gasteiger partial charge is 0.350 e. The first-order chi connectivity index (χ1) is 9.38. The standard InChI is InChI=1S/C14H12Cl2N2OS/c1-7-5-8(2)17-14(20)12(7)13(19)18-11-4-3-9(15)6-10(11)16/h3-6H,1-2H3,(H,17,20)(H,18,19). The number of nitrogens with one attached hydrogen (secondary N) is 2. The van der Waals surface area contributed by atoms with Crippen molar-refractivity contribution in [1.29, 1.82) is 0 Å². The first-order valence-corrected chi connectivity index (χ1v) is 7.02. The summed E-state index contributed by atoms with van der Waals surface area (Å²) in [5, 5.41) is 3.63. The lowest BCUT2D eigenvalue weighted by Crippen LogP contribution is -2.15. The van der Waals surface area contributed by atoms with Gasteiger partial charge in [-0.05, 0) is 43.7 Å². The van der Waals surface area contributed by atoms with Gasteiger partial charge < -0.3 is 10.3 Å². The summed E-state index contributed by atoms with van der Waals surface area (Å²) in [7, 11) is 0. The number of carbonyl (C=O) groups is 1. The predicted molar refractivity (Wildman–Crippen MR) is 85.5 cm³/mol. The van der Waals surface area contributed by atoms with E-state index in [4.69, 9.17) is 35.4 Å². The maximum absolute atomic E-state index is 12.3. The maximum Gasteiger partial charge on any atom is 0.258 e. The molecule has 1 heterocycles. The molecule has 1 aromatic heterocycles. The number of carbonyl (C=O) groups excluding carboxylic acids is 1. The molecule has 0 unspecified atom stereocenters. The highest BCUT2D eigenvalue weighted by molar-refractivity contribution is 7.71. The summed E-state index contributed by atoms with van der Waals surface area (Å²) < 4.78 is 0.407. The molecule has 0 aliphatic rings. The van der Waals surface area contributed by atoms with Crippen LogP contribution in [-0.2, 0) is 0 Å². The van der Waals surface area contributed by atoms with Gasteiger partial charge in [-0.2, -0.15) is 0 Å². The third-order valence-corrected chi connectivity index (χ3v) is 3.63. The van der Waals surface area contributed by atoms with E-state index in [-0.39, 0.29) is 5.91 Å². The van der Waals surface area contributed by atoms with Gasteiger partial charge in [0.25, 0.3) is 5.91 Å². The van der Waals surface area contributed by atoms with Crippen LogP contribution in [0.4, 0.5) is 5.69 Å². The molecule has 0 fully saturated rings. The smallest absolute Gasteiger partial charge is 0.258 e. The van der Waals surface area contributed by atoms with Crippen LogP contribution in [0.2, 0.25) is 10.0 Å². The van der Waals surface area contributed by atoms with Crippen molar-refractivity contribution < 1.29 is 4.79 Å². The molecule has 2 N–H and O–H groups in total. The van der Waals surface area contributed by atoms with Gasteiger partial charge in [0.15, 0.2) is 0 Å². The van der Waals surface area contributed by atoms with Gasteiger partial charge >= 0.3 is 0 Å². The third kappa shape index (κ3) is 3.20. The molecule has 0 spiro atoms. The van der Waals surface area contributed by atoms with Crippen LogP contribution in [-0.4, -0.2) is 10.9 Å². The summed E-state index contributed by atoms with van der Waals surface area (Å²) in [6, 6.07) is 6.75. The lowest BCUT2D eigenvalue weighted by Gasteiger charge is -2.10. The van der Waals surface area contributed by atoms with Gasteiger partial charge in [-0.3, -0.25) is 4.79 Å². The van der Waals surface area contributed by atoms with Gasteiger partial charge in [0.05, 0.1) is 16.3 Å². The molecule has 0 saturated carbocycles. The number of hydrogen-bond acceptors (Lipinski definition) is 2. The Morgan fingerprint density at radius 1 is 1.25 bits per heavy atom. The van der Waals surface area contributed by atoms with Crippen molar-refractivity contribution >= 4 is 47.0 Å². The molecule has 20 heavy (non-hydrogen) atoms. The predicted octanol–water partition coefficient (Wildman–Crippen LogP) is 4.92. The van der Waals surface area contributed by atoms with Gasteiger partial charge in [0, 0.05) is 10.7 Å². The summed E-state index contributed by atoms with van der Waals surface area (Å²) in [5.74, 6) is -0.298. The third-order valence-electron chi connectivity index (χ3n) is 2.77. The number of aromatic amines is 1. The average molecular weight is 327 g/mol. The zero-order valence-corrected chi connectivity index (χ0v) is 13.2. The second-order valence-electron chi connectivity index (χ2n) is 4.42. The fraction of sp³-hybridized carbons (Fsp3) is 0.143. The van der Waals surface area contributed by atoms with Crippen molar-refractivity contribution in [2.24, 2.45) is 0 Å². The Labute approximate surface area is 131 Å². The van der Waals surface area contributed by atoms with Crippen molar-refractivity contribution in [3.63, 3.8) is 0 Å². The van der Waals surface area contributed by atoms with E-state index in [1.165, 1.54) is 0 Å². The van der Waals surface area contributed by atoms with E-state index in [0.717, 1.165) is 11.3 Å². The highest BCUT2D eigenvalue weighted by Gasteiger charge is 2.13. The molecule has 0 atom stereocenters. The fourth-order valence-corrected chi connectivity index (χ4v) is 2.78. The Hall–Kier alpha value is -1.36. The molecule has 2 aromatic rings. The van der Waals surface area contributed by atoms with Crippen LogP contribution in [0.15, 0.2) is 24.3 Å². The van der Waals surface area contributed by atoms with E-state index in [2.05, 4.69) is 10.3 Å². The fourth-order valence-electron chi connectivity index (χ4n) is 1.91. The maximum atomic E-state index is 12.3. The van der Waals surface area contributed by atoms with Crippen LogP contribution in [0, 0.1) is 18.5 Å². The van der Waals surface area contributed by atoms with E-state index >= 15 is 0 Å². The number of aromatic nitrogens is 1. The lowest BCUT2D eigenvalue weighted by molar-refractivity contribution is 0.102. The second kappa shape index (κ2) is 5.95. The molecule has 1 amide bonds. The topological polar surface area (TPSA) is 44.9 Å². The number of hydrogen-bond donors (Lipinski definition) is 2. The Morgan fingerprint density at radius 2 is 1.95 bits per heavy atom. The summed E-state index contributed by atoms with van der Waals surface area (Å²) in [4.78, 5) is 15.3. The summed E-state index contributed by atoms with van der Waals surface area (Å²) >= 11 is 17.1. The molecule has 104 valence electrons. The molecule has 2 rings (SSSR count). The van der Waals surface area contributed by atoms with Gasteiger partial charge in [0.2, 0.25) is 0 Å². The van der Waals surface area contributed by atoms with Crippen LogP contribution in [0.25, 0.3) is 0 Å². The monoisotopic (exact) mass is 326 g/mol. The minimum absolute atomic E-state index is 0.298. The average Bonchev–Trinajstić information content (AvgIpc) is 2.31. The Morgan fingerprint density at radius 3 is 2.55 bits per heavy atom. The summed E-state index contributed by atoms with van der Waals surface area (Å²) in [6.07, 6.45) is 0. The highest BCUT2D eigenvalue weighted by atomic mass is 35.5. The molecule has 3 nitrogen and oxygen atoms in total. The van der Waals surface area contributed by atoms with E-state index in [9.17, 15) is 4.79 Å². The van der Waals surface area contributed by atoms with Gasteiger partial charge in [-0.25, -0.2) is 0 Å². The molecule has 0 bridgehead atoms. The van der Waals surface area contributed by atoms with Crippen LogP contribution in [0.1, 0.15) is 21.6 Å². The summed E-state index contributed by atoms with van der Waals surface area (Å²) in [5.41, 5.74) is 2.66. The van der Waals surface area contributed by atoms with Gasteiger partial charge in [0.1, 0.15) is 4.64 Å². The van der Waals surface area contributed by atoms with Crippen molar-refractivity contribution in [3.05, 3.63) is 55.8 Å². The van der Waals surface area contributed by atoms with E-state index in [0.29, 0.717) is 25.9 Å². The first-order valence-electron chi connectivity index (χ1n) is 5.85. The molecular formula is C14H12Cl2N2OS. The molecule has 0 saturated heterocycles. The second-order valence-corrected chi connectivity index (χ2v) is 5.67. The number of benzene rings is 1. The quantitative estimate of drug-likeness (QED) is 0.769. The molecule has 0 radical (unpaired) electrons. The highest BCUT2D eigenvalue weighted by Crippen LogP contribution is 2.26. The Balaban J connectivity index is 2.36. The minimum atomic E-state index is -0.298. The van der Waals surface area contributed by atoms with Crippen LogP contribution >= 0.6 is 35.4 Å². The zero-order valence-electron chi connectivity index (χ0n) is 10.9. The molecule has 0 aliphatic carbocycles. The molecule has 6 heteroatoms. The SMILES string of the molecule is Cc1cc(C)c(C(=O)Nc2ccc(Cl)cc2Cl)c(=S)[nH]1. The Kier molecular flexibility index (Phi) is 4.48. The van der Waals surface area contributed by atoms with Crippen LogP contribution in [0.3, 0.4) is 0 Å². The summed E-state index contributed by atoms with van der Waals surface area (Å²) in [6.45, 7) is 3.73. The van der Waals surface area contributed by atoms with Gasteiger partial charge in [-0.1, -0.05) is 35.4 Å². The van der Waals surface area contributed by atoms with Crippen LogP contribution < -0.4 is 5.32 Å². The van der Waals surface area contributed by atoms with E-state index in [1.807, 2.05) is 19.9 Å². The number of pyridine rings is 1. The number of rotatable bonds is 2. The number of halogens is 2. The number of aryl methyl sites for hydroxylation is 2.